The molecule has 1 aromatic heterocycles. The van der Waals surface area contributed by atoms with Gasteiger partial charge in [-0.05, 0) is 11.6 Å². The average molecular weight is 169 g/mol. The number of nitrogens with two attached hydrogens (primary N) is 1. The summed E-state index contributed by atoms with van der Waals surface area (Å²) in [4.78, 5) is 11.3. The molecule has 0 saturated carbocycles. The predicted molar refractivity (Wildman–Crippen MR) is 41.4 cm³/mol. The van der Waals surface area contributed by atoms with Gasteiger partial charge in [0.1, 0.15) is 6.34 Å². The second kappa shape index (κ2) is 2.06. The first-order valence-electron chi connectivity index (χ1n) is 2.84. The Morgan fingerprint density at radius 2 is 2.18 bits per heavy atom. The molecule has 1 aliphatic heterocycles. The lowest BCUT2D eigenvalue weighted by molar-refractivity contribution is 1.13. The van der Waals surface area contributed by atoms with E-state index < -0.39 is 0 Å². The van der Waals surface area contributed by atoms with Crippen molar-refractivity contribution in [3.05, 3.63) is 5.28 Å². The number of rotatable bonds is 0. The van der Waals surface area contributed by atoms with Crippen LogP contribution >= 0.6 is 11.6 Å². The number of fused-ring (bicyclic) bond motifs is 1. The summed E-state index contributed by atoms with van der Waals surface area (Å²) in [7, 11) is 0. The molecule has 0 atom stereocenters. The first-order chi connectivity index (χ1) is 5.27. The molecular formula is C5H3ClN5. The minimum Gasteiger partial charge on any atom is -0.382 e. The molecule has 2 rings (SSSR count). The van der Waals surface area contributed by atoms with Gasteiger partial charge in [0.15, 0.2) is 17.3 Å². The topological polar surface area (TPSA) is 78.3 Å². The summed E-state index contributed by atoms with van der Waals surface area (Å²) < 4.78 is 0. The third kappa shape index (κ3) is 0.894. The van der Waals surface area contributed by atoms with E-state index in [9.17, 15) is 0 Å². The molecule has 0 bridgehead atoms. The molecule has 0 aromatic carbocycles. The van der Waals surface area contributed by atoms with Crippen LogP contribution in [0.5, 0.6) is 0 Å². The Bertz CT molecular complexity index is 334. The second-order valence-electron chi connectivity index (χ2n) is 1.92. The molecule has 2 heterocycles. The highest BCUT2D eigenvalue weighted by Gasteiger charge is 2.14. The van der Waals surface area contributed by atoms with Gasteiger partial charge in [-0.15, -0.1) is 0 Å². The Hall–Kier alpha value is -1.36. The van der Waals surface area contributed by atoms with Crippen molar-refractivity contribution in [2.45, 2.75) is 0 Å². The Morgan fingerprint density at radius 1 is 1.36 bits per heavy atom. The van der Waals surface area contributed by atoms with Gasteiger partial charge in [-0.1, -0.05) is 0 Å². The summed E-state index contributed by atoms with van der Waals surface area (Å²) >= 11 is 5.51. The highest BCUT2D eigenvalue weighted by molar-refractivity contribution is 6.28. The van der Waals surface area contributed by atoms with E-state index in [1.807, 2.05) is 0 Å². The molecule has 0 saturated heterocycles. The van der Waals surface area contributed by atoms with Crippen LogP contribution in [0.1, 0.15) is 0 Å². The maximum Gasteiger partial charge on any atom is 0.226 e. The van der Waals surface area contributed by atoms with Gasteiger partial charge < -0.3 is 5.73 Å². The molecule has 11 heavy (non-hydrogen) atoms. The first-order valence-corrected chi connectivity index (χ1v) is 3.21. The molecule has 0 amide bonds. The SMILES string of the molecule is Nc1nc(Cl)nc2c1N=C[N]2. The largest absolute Gasteiger partial charge is 0.382 e. The average Bonchev–Trinajstić information content (AvgIpc) is 2.34. The molecule has 0 spiro atoms. The van der Waals surface area contributed by atoms with Crippen molar-refractivity contribution in [3.8, 4) is 0 Å². The number of nitrogen functional groups attached to an aromatic ring is 1. The number of hydrogen-bond donors (Lipinski definition) is 1. The first kappa shape index (κ1) is 6.36. The molecule has 5 nitrogen and oxygen atoms in total. The van der Waals surface area contributed by atoms with E-state index in [-0.39, 0.29) is 11.1 Å². The van der Waals surface area contributed by atoms with Gasteiger partial charge in [0.25, 0.3) is 0 Å². The van der Waals surface area contributed by atoms with Gasteiger partial charge >= 0.3 is 0 Å². The van der Waals surface area contributed by atoms with Gasteiger partial charge in [-0.3, -0.25) is 0 Å². The van der Waals surface area contributed by atoms with Crippen LogP contribution in [-0.2, 0) is 0 Å². The fourth-order valence-corrected chi connectivity index (χ4v) is 0.959. The van der Waals surface area contributed by atoms with E-state index in [0.29, 0.717) is 11.5 Å². The van der Waals surface area contributed by atoms with Gasteiger partial charge in [-0.25, -0.2) is 10.3 Å². The quantitative estimate of drug-likeness (QED) is 0.577. The van der Waals surface area contributed by atoms with E-state index >= 15 is 0 Å². The summed E-state index contributed by atoms with van der Waals surface area (Å²) in [5.74, 6) is 0.694. The lowest BCUT2D eigenvalue weighted by Crippen LogP contribution is -1.95. The second-order valence-corrected chi connectivity index (χ2v) is 2.26. The van der Waals surface area contributed by atoms with Crippen LogP contribution in [0.4, 0.5) is 17.3 Å². The van der Waals surface area contributed by atoms with Gasteiger partial charge in [0.2, 0.25) is 5.28 Å². The van der Waals surface area contributed by atoms with E-state index in [1.54, 1.807) is 0 Å². The lowest BCUT2D eigenvalue weighted by atomic mass is 10.4. The van der Waals surface area contributed by atoms with Crippen LogP contribution in [0.15, 0.2) is 4.99 Å². The maximum absolute atomic E-state index is 5.51. The van der Waals surface area contributed by atoms with Crippen molar-refractivity contribution in [2.24, 2.45) is 4.99 Å². The monoisotopic (exact) mass is 168 g/mol. The Kier molecular flexibility index (Phi) is 1.19. The summed E-state index contributed by atoms with van der Waals surface area (Å²) in [6, 6.07) is 0. The molecule has 6 heteroatoms. The fraction of sp³-hybridized carbons (Fsp3) is 0. The summed E-state index contributed by atoms with van der Waals surface area (Å²) in [6.45, 7) is 0. The molecule has 0 unspecified atom stereocenters. The van der Waals surface area contributed by atoms with Crippen LogP contribution < -0.4 is 11.1 Å². The Balaban J connectivity index is 2.67. The van der Waals surface area contributed by atoms with Crippen LogP contribution in [-0.4, -0.2) is 16.3 Å². The van der Waals surface area contributed by atoms with E-state index in [0.717, 1.165) is 0 Å². The van der Waals surface area contributed by atoms with E-state index in [2.05, 4.69) is 20.3 Å². The van der Waals surface area contributed by atoms with Gasteiger partial charge in [0, 0.05) is 0 Å². The van der Waals surface area contributed by atoms with E-state index in [1.165, 1.54) is 6.34 Å². The summed E-state index contributed by atoms with van der Waals surface area (Å²) in [5, 5.41) is 3.91. The van der Waals surface area contributed by atoms with Gasteiger partial charge in [-0.2, -0.15) is 9.97 Å². The number of halogens is 1. The molecule has 1 aromatic rings. The number of nitrogens with zero attached hydrogens (tertiary/aromatic N) is 4. The van der Waals surface area contributed by atoms with Crippen molar-refractivity contribution < 1.29 is 0 Å². The van der Waals surface area contributed by atoms with Crippen LogP contribution in [0.25, 0.3) is 0 Å². The molecule has 0 fully saturated rings. The van der Waals surface area contributed by atoms with Crippen LogP contribution in [0.2, 0.25) is 5.28 Å². The predicted octanol–water partition coefficient (Wildman–Crippen LogP) is 0.621. The molecular weight excluding hydrogens is 166 g/mol. The Labute approximate surface area is 67.3 Å². The highest BCUT2D eigenvalue weighted by atomic mass is 35.5. The minimum absolute atomic E-state index is 0.0931. The fourth-order valence-electron chi connectivity index (χ4n) is 0.787. The number of aromatic nitrogens is 2. The third-order valence-corrected chi connectivity index (χ3v) is 1.40. The standard InChI is InChI=1S/C5H3ClN5/c6-5-10-3(7)2-4(11-5)9-1-8-2/h1H,(H2,7,10,11). The number of aliphatic imine (C=N–C) groups is 1. The van der Waals surface area contributed by atoms with Gasteiger partial charge in [0.05, 0.1) is 0 Å². The zero-order chi connectivity index (χ0) is 7.84. The summed E-state index contributed by atoms with van der Waals surface area (Å²) in [5.41, 5.74) is 5.96. The normalized spacial score (nSPS) is 12.8. The minimum atomic E-state index is 0.0931. The number of hydrogen-bond acceptors (Lipinski definition) is 4. The van der Waals surface area contributed by atoms with Crippen molar-refractivity contribution >= 4 is 35.3 Å². The van der Waals surface area contributed by atoms with Crippen molar-refractivity contribution in [1.82, 2.24) is 15.3 Å². The zero-order valence-electron chi connectivity index (χ0n) is 5.32. The maximum atomic E-state index is 5.51. The Morgan fingerprint density at radius 3 is 3.00 bits per heavy atom. The molecule has 1 radical (unpaired) electrons. The van der Waals surface area contributed by atoms with Crippen molar-refractivity contribution in [2.75, 3.05) is 5.73 Å². The van der Waals surface area contributed by atoms with Crippen molar-refractivity contribution in [1.29, 1.82) is 0 Å². The molecule has 1 aliphatic rings. The summed E-state index contributed by atoms with van der Waals surface area (Å²) in [6.07, 6.45) is 1.37. The third-order valence-electron chi connectivity index (χ3n) is 1.23. The molecule has 2 N–H and O–H groups in total. The lowest BCUT2D eigenvalue weighted by Gasteiger charge is -1.97. The van der Waals surface area contributed by atoms with Crippen molar-refractivity contribution in [3.63, 3.8) is 0 Å². The zero-order valence-corrected chi connectivity index (χ0v) is 6.08. The molecule has 0 aliphatic carbocycles. The highest BCUT2D eigenvalue weighted by Crippen LogP contribution is 2.31. The molecule has 55 valence electrons. The smallest absolute Gasteiger partial charge is 0.226 e. The number of anilines is 1. The van der Waals surface area contributed by atoms with E-state index in [4.69, 9.17) is 17.3 Å². The van der Waals surface area contributed by atoms with Crippen LogP contribution in [0, 0.1) is 0 Å². The van der Waals surface area contributed by atoms with Crippen LogP contribution in [0.3, 0.4) is 0 Å².